The van der Waals surface area contributed by atoms with Gasteiger partial charge in [0.05, 0.1) is 5.69 Å². The van der Waals surface area contributed by atoms with E-state index in [0.29, 0.717) is 22.9 Å². The summed E-state index contributed by atoms with van der Waals surface area (Å²) in [4.78, 5) is 12.2. The Kier molecular flexibility index (Phi) is 3.20. The third-order valence-electron chi connectivity index (χ3n) is 3.52. The van der Waals surface area contributed by atoms with Crippen LogP contribution in [0, 0.1) is 0 Å². The normalized spacial score (nSPS) is 12.2. The van der Waals surface area contributed by atoms with Gasteiger partial charge in [-0.25, -0.2) is 0 Å². The number of aromatic amines is 1. The van der Waals surface area contributed by atoms with Crippen LogP contribution in [0.5, 0.6) is 11.5 Å². The van der Waals surface area contributed by atoms with Crippen molar-refractivity contribution in [3.63, 3.8) is 0 Å². The first-order valence-electron chi connectivity index (χ1n) is 7.11. The van der Waals surface area contributed by atoms with Gasteiger partial charge in [0.1, 0.15) is 5.69 Å². The van der Waals surface area contributed by atoms with Gasteiger partial charge in [0.25, 0.3) is 5.91 Å². The minimum absolute atomic E-state index is 0.226. The van der Waals surface area contributed by atoms with E-state index in [1.54, 1.807) is 6.07 Å². The second-order valence-electron chi connectivity index (χ2n) is 5.06. The monoisotopic (exact) mass is 307 g/mol. The number of rotatable bonds is 3. The molecule has 3 aromatic rings. The molecule has 2 heterocycles. The Hall–Kier alpha value is -3.28. The number of nitrogens with zero attached hydrogens (tertiary/aromatic N) is 1. The fourth-order valence-corrected chi connectivity index (χ4v) is 2.36. The highest BCUT2D eigenvalue weighted by Gasteiger charge is 2.16. The van der Waals surface area contributed by atoms with Crippen LogP contribution in [0.1, 0.15) is 10.5 Å². The molecular formula is C17H13N3O3. The Balaban J connectivity index is 1.56. The second kappa shape index (κ2) is 5.49. The van der Waals surface area contributed by atoms with Crippen LogP contribution < -0.4 is 14.8 Å². The molecule has 0 bridgehead atoms. The van der Waals surface area contributed by atoms with E-state index in [-0.39, 0.29) is 12.7 Å². The lowest BCUT2D eigenvalue weighted by Gasteiger charge is -2.02. The maximum Gasteiger partial charge on any atom is 0.273 e. The predicted octanol–water partition coefficient (Wildman–Crippen LogP) is 3.06. The summed E-state index contributed by atoms with van der Waals surface area (Å²) in [6.07, 6.45) is 0. The molecule has 0 fully saturated rings. The van der Waals surface area contributed by atoms with E-state index in [2.05, 4.69) is 15.5 Å². The van der Waals surface area contributed by atoms with Gasteiger partial charge in [0.15, 0.2) is 11.5 Å². The Morgan fingerprint density at radius 2 is 1.87 bits per heavy atom. The van der Waals surface area contributed by atoms with Crippen molar-refractivity contribution in [3.8, 4) is 22.8 Å². The third kappa shape index (κ3) is 2.62. The zero-order valence-corrected chi connectivity index (χ0v) is 12.1. The van der Waals surface area contributed by atoms with Crippen molar-refractivity contribution in [1.29, 1.82) is 0 Å². The zero-order chi connectivity index (χ0) is 15.6. The van der Waals surface area contributed by atoms with Crippen molar-refractivity contribution >= 4 is 11.6 Å². The average molecular weight is 307 g/mol. The molecule has 0 saturated carbocycles. The highest BCUT2D eigenvalue weighted by atomic mass is 16.7. The molecule has 1 aromatic heterocycles. The standard InChI is InChI=1S/C17H13N3O3/c21-17(18-12-4-2-1-3-5-12)14-9-13(19-20-14)11-6-7-15-16(8-11)23-10-22-15/h1-9H,10H2,(H,18,21)(H,19,20). The van der Waals surface area contributed by atoms with Crippen LogP contribution in [0.3, 0.4) is 0 Å². The average Bonchev–Trinajstić information content (AvgIpc) is 3.24. The maximum atomic E-state index is 12.2. The third-order valence-corrected chi connectivity index (χ3v) is 3.52. The molecule has 0 unspecified atom stereocenters. The van der Waals surface area contributed by atoms with E-state index in [1.807, 2.05) is 48.5 Å². The number of hydrogen-bond acceptors (Lipinski definition) is 4. The van der Waals surface area contributed by atoms with Crippen LogP contribution in [0.25, 0.3) is 11.3 Å². The molecule has 2 N–H and O–H groups in total. The first-order valence-corrected chi connectivity index (χ1v) is 7.11. The quantitative estimate of drug-likeness (QED) is 0.779. The Labute approximate surface area is 132 Å². The summed E-state index contributed by atoms with van der Waals surface area (Å²) in [6.45, 7) is 0.226. The van der Waals surface area contributed by atoms with Gasteiger partial charge >= 0.3 is 0 Å². The number of anilines is 1. The number of carbonyl (C=O) groups is 1. The first kappa shape index (κ1) is 13.4. The summed E-state index contributed by atoms with van der Waals surface area (Å²) in [6, 6.07) is 16.5. The van der Waals surface area contributed by atoms with Crippen LogP contribution in [0.2, 0.25) is 0 Å². The van der Waals surface area contributed by atoms with Gasteiger partial charge in [0.2, 0.25) is 6.79 Å². The van der Waals surface area contributed by atoms with Gasteiger partial charge in [-0.15, -0.1) is 0 Å². The number of H-pyrrole nitrogens is 1. The van der Waals surface area contributed by atoms with Gasteiger partial charge in [-0.05, 0) is 36.4 Å². The molecule has 1 aliphatic heterocycles. The van der Waals surface area contributed by atoms with Crippen LogP contribution in [-0.4, -0.2) is 22.9 Å². The topological polar surface area (TPSA) is 76.2 Å². The van der Waals surface area contributed by atoms with Crippen LogP contribution in [0.4, 0.5) is 5.69 Å². The van der Waals surface area contributed by atoms with Crippen molar-refractivity contribution in [2.24, 2.45) is 0 Å². The highest BCUT2D eigenvalue weighted by molar-refractivity contribution is 6.03. The lowest BCUT2D eigenvalue weighted by molar-refractivity contribution is 0.102. The van der Waals surface area contributed by atoms with E-state index in [9.17, 15) is 4.79 Å². The number of ether oxygens (including phenoxy) is 2. The summed E-state index contributed by atoms with van der Waals surface area (Å²) in [5.41, 5.74) is 2.64. The Morgan fingerprint density at radius 1 is 1.04 bits per heavy atom. The highest BCUT2D eigenvalue weighted by Crippen LogP contribution is 2.35. The molecule has 0 radical (unpaired) electrons. The molecule has 4 rings (SSSR count). The molecule has 0 aliphatic carbocycles. The van der Waals surface area contributed by atoms with Crippen molar-refractivity contribution in [2.45, 2.75) is 0 Å². The van der Waals surface area contributed by atoms with E-state index >= 15 is 0 Å². The number of hydrogen-bond donors (Lipinski definition) is 2. The van der Waals surface area contributed by atoms with Crippen LogP contribution >= 0.6 is 0 Å². The second-order valence-corrected chi connectivity index (χ2v) is 5.06. The minimum atomic E-state index is -0.240. The number of benzene rings is 2. The number of aromatic nitrogens is 2. The molecule has 0 saturated heterocycles. The fraction of sp³-hybridized carbons (Fsp3) is 0.0588. The Morgan fingerprint density at radius 3 is 2.74 bits per heavy atom. The summed E-state index contributed by atoms with van der Waals surface area (Å²) < 4.78 is 10.6. The lowest BCUT2D eigenvalue weighted by Crippen LogP contribution is -2.12. The predicted molar refractivity (Wildman–Crippen MR) is 84.5 cm³/mol. The van der Waals surface area contributed by atoms with E-state index in [4.69, 9.17) is 9.47 Å². The smallest absolute Gasteiger partial charge is 0.273 e. The molecule has 6 heteroatoms. The molecule has 0 spiro atoms. The number of para-hydroxylation sites is 1. The van der Waals surface area contributed by atoms with E-state index in [1.165, 1.54) is 0 Å². The number of fused-ring (bicyclic) bond motifs is 1. The lowest BCUT2D eigenvalue weighted by atomic mass is 10.1. The molecule has 1 amide bonds. The van der Waals surface area contributed by atoms with Gasteiger partial charge in [-0.2, -0.15) is 5.10 Å². The van der Waals surface area contributed by atoms with Crippen molar-refractivity contribution in [1.82, 2.24) is 10.2 Å². The number of amides is 1. The van der Waals surface area contributed by atoms with Gasteiger partial charge in [-0.3, -0.25) is 9.89 Å². The van der Waals surface area contributed by atoms with E-state index in [0.717, 1.165) is 11.3 Å². The fourth-order valence-electron chi connectivity index (χ4n) is 2.36. The van der Waals surface area contributed by atoms with E-state index < -0.39 is 0 Å². The van der Waals surface area contributed by atoms with Crippen molar-refractivity contribution in [3.05, 3.63) is 60.3 Å². The summed E-state index contributed by atoms with van der Waals surface area (Å²) >= 11 is 0. The minimum Gasteiger partial charge on any atom is -0.454 e. The molecule has 23 heavy (non-hydrogen) atoms. The largest absolute Gasteiger partial charge is 0.454 e. The molecular weight excluding hydrogens is 294 g/mol. The van der Waals surface area contributed by atoms with Gasteiger partial charge in [-0.1, -0.05) is 18.2 Å². The summed E-state index contributed by atoms with van der Waals surface area (Å²) in [7, 11) is 0. The molecule has 0 atom stereocenters. The molecule has 6 nitrogen and oxygen atoms in total. The van der Waals surface area contributed by atoms with Crippen molar-refractivity contribution < 1.29 is 14.3 Å². The van der Waals surface area contributed by atoms with Crippen LogP contribution in [-0.2, 0) is 0 Å². The Bertz CT molecular complexity index is 859. The first-order chi connectivity index (χ1) is 11.3. The molecule has 2 aromatic carbocycles. The van der Waals surface area contributed by atoms with Crippen molar-refractivity contribution in [2.75, 3.05) is 12.1 Å². The number of nitrogens with one attached hydrogen (secondary N) is 2. The van der Waals surface area contributed by atoms with Crippen LogP contribution in [0.15, 0.2) is 54.6 Å². The zero-order valence-electron chi connectivity index (χ0n) is 12.1. The van der Waals surface area contributed by atoms with Gasteiger partial charge in [0, 0.05) is 11.3 Å². The molecule has 1 aliphatic rings. The molecule has 114 valence electrons. The summed E-state index contributed by atoms with van der Waals surface area (Å²) in [5, 5.41) is 9.76. The summed E-state index contributed by atoms with van der Waals surface area (Å²) in [5.74, 6) is 1.16. The number of carbonyl (C=O) groups excluding carboxylic acids is 1. The SMILES string of the molecule is O=C(Nc1ccccc1)c1cc(-c2ccc3c(c2)OCO3)n[nH]1. The maximum absolute atomic E-state index is 12.2. The van der Waals surface area contributed by atoms with Gasteiger partial charge < -0.3 is 14.8 Å².